The van der Waals surface area contributed by atoms with Crippen LogP contribution in [0.25, 0.3) is 0 Å². The number of benzene rings is 1. The van der Waals surface area contributed by atoms with Crippen LogP contribution in [0.3, 0.4) is 0 Å². The van der Waals surface area contributed by atoms with E-state index in [1.165, 1.54) is 20.8 Å². The Bertz CT molecular complexity index is 1310. The quantitative estimate of drug-likeness (QED) is 0.289. The van der Waals surface area contributed by atoms with Crippen LogP contribution in [0.1, 0.15) is 51.6 Å². The normalized spacial score (nSPS) is 20.5. The highest BCUT2D eigenvalue weighted by Gasteiger charge is 2.57. The molecular formula is C25H26BrF9N4O5. The molecule has 3 rings (SSSR count). The molecule has 1 fully saturated rings. The standard InChI is InChI=1S/C25H26BrF9N4O5/c1-22(2,3)44-21(43)37-14-10-16-12(9-13(14)26)17-11(6-8-38(17)19(41)24(30,31)32)15(39(16)20(42)25(33,34)35)5-4-7-36-18(40)23(27,28)29/h9-11,15,17H,4-8H2,1-3H3,(H,36,40)(H,37,43)/t11-,15-,17-/m0/s1. The van der Waals surface area contributed by atoms with Gasteiger partial charge in [0.2, 0.25) is 0 Å². The summed E-state index contributed by atoms with van der Waals surface area (Å²) in [5, 5.41) is 3.83. The zero-order chi connectivity index (χ0) is 33.6. The van der Waals surface area contributed by atoms with Crippen molar-refractivity contribution < 1.29 is 63.4 Å². The van der Waals surface area contributed by atoms with E-state index in [1.54, 1.807) is 5.32 Å². The van der Waals surface area contributed by atoms with E-state index in [1.807, 2.05) is 0 Å². The number of ether oxygens (including phenoxy) is 1. The first kappa shape index (κ1) is 35.2. The number of amides is 4. The number of anilines is 2. The van der Waals surface area contributed by atoms with Gasteiger partial charge in [-0.2, -0.15) is 39.5 Å². The molecule has 0 unspecified atom stereocenters. The van der Waals surface area contributed by atoms with Gasteiger partial charge in [-0.3, -0.25) is 19.7 Å². The molecule has 2 N–H and O–H groups in total. The third kappa shape index (κ3) is 7.87. The molecule has 0 radical (unpaired) electrons. The summed E-state index contributed by atoms with van der Waals surface area (Å²) in [6, 6.07) is -1.10. The van der Waals surface area contributed by atoms with Crippen LogP contribution in [0, 0.1) is 5.92 Å². The summed E-state index contributed by atoms with van der Waals surface area (Å²) in [5.41, 5.74) is -2.11. The minimum absolute atomic E-state index is 0.0279. The Morgan fingerprint density at radius 1 is 0.932 bits per heavy atom. The molecule has 0 aliphatic carbocycles. The summed E-state index contributed by atoms with van der Waals surface area (Å²) in [6.45, 7) is 3.31. The average Bonchev–Trinajstić information content (AvgIpc) is 3.28. The molecule has 19 heteroatoms. The smallest absolute Gasteiger partial charge is 0.444 e. The van der Waals surface area contributed by atoms with Gasteiger partial charge in [0.25, 0.3) is 0 Å². The Morgan fingerprint density at radius 2 is 1.52 bits per heavy atom. The van der Waals surface area contributed by atoms with Gasteiger partial charge in [0.1, 0.15) is 5.60 Å². The van der Waals surface area contributed by atoms with E-state index in [0.717, 1.165) is 12.1 Å². The number of carbonyl (C=O) groups excluding carboxylic acids is 4. The fraction of sp³-hybridized carbons (Fsp3) is 0.600. The number of carbonyl (C=O) groups is 4. The van der Waals surface area contributed by atoms with Crippen molar-refractivity contribution in [1.29, 1.82) is 0 Å². The fourth-order valence-electron chi connectivity index (χ4n) is 5.26. The van der Waals surface area contributed by atoms with Crippen molar-refractivity contribution in [2.24, 2.45) is 5.92 Å². The van der Waals surface area contributed by atoms with Gasteiger partial charge in [0.05, 0.1) is 17.4 Å². The van der Waals surface area contributed by atoms with E-state index < -0.39 is 97.6 Å². The summed E-state index contributed by atoms with van der Waals surface area (Å²) in [7, 11) is 0. The van der Waals surface area contributed by atoms with Crippen LogP contribution in [0.4, 0.5) is 55.7 Å². The Morgan fingerprint density at radius 3 is 2.05 bits per heavy atom. The predicted octanol–water partition coefficient (Wildman–Crippen LogP) is 5.98. The second-order valence-electron chi connectivity index (χ2n) is 11.0. The number of hydrogen-bond acceptors (Lipinski definition) is 5. The average molecular weight is 713 g/mol. The number of fused-ring (bicyclic) bond motifs is 3. The number of halogens is 10. The third-order valence-corrected chi connectivity index (χ3v) is 7.44. The molecule has 0 bridgehead atoms. The van der Waals surface area contributed by atoms with Crippen LogP contribution in [0.2, 0.25) is 0 Å². The van der Waals surface area contributed by atoms with Crippen LogP contribution >= 0.6 is 15.9 Å². The Hall–Kier alpha value is -3.25. The SMILES string of the molecule is CC(C)(C)OC(=O)Nc1cc2c(cc1Br)[C@@H]1[C@@H](CCN1C(=O)C(F)(F)F)[C@H](CCCNC(=O)C(F)(F)F)N2C(=O)C(F)(F)F. The minimum atomic E-state index is -5.52. The van der Waals surface area contributed by atoms with Crippen molar-refractivity contribution in [2.75, 3.05) is 23.3 Å². The van der Waals surface area contributed by atoms with Gasteiger partial charge in [-0.25, -0.2) is 4.79 Å². The Kier molecular flexibility index (Phi) is 9.82. The molecule has 0 saturated carbocycles. The zero-order valence-corrected chi connectivity index (χ0v) is 24.7. The van der Waals surface area contributed by atoms with Crippen molar-refractivity contribution in [1.82, 2.24) is 10.2 Å². The van der Waals surface area contributed by atoms with Crippen molar-refractivity contribution in [3.63, 3.8) is 0 Å². The molecule has 3 atom stereocenters. The molecule has 0 aromatic heterocycles. The van der Waals surface area contributed by atoms with Gasteiger partial charge in [0.15, 0.2) is 0 Å². The monoisotopic (exact) mass is 712 g/mol. The van der Waals surface area contributed by atoms with Gasteiger partial charge in [-0.05, 0) is 68.1 Å². The first-order chi connectivity index (χ1) is 19.9. The summed E-state index contributed by atoms with van der Waals surface area (Å²) >= 11 is 3.12. The van der Waals surface area contributed by atoms with E-state index in [4.69, 9.17) is 4.74 Å². The molecule has 2 aliphatic rings. The van der Waals surface area contributed by atoms with Crippen molar-refractivity contribution in [2.45, 2.75) is 76.2 Å². The number of likely N-dealkylation sites (tertiary alicyclic amines) is 1. The summed E-state index contributed by atoms with van der Waals surface area (Å²) in [6.07, 6.45) is -18.4. The molecular weight excluding hydrogens is 687 g/mol. The minimum Gasteiger partial charge on any atom is -0.444 e. The van der Waals surface area contributed by atoms with Crippen molar-refractivity contribution in [3.8, 4) is 0 Å². The summed E-state index contributed by atoms with van der Waals surface area (Å²) < 4.78 is 125. The first-order valence-electron chi connectivity index (χ1n) is 12.9. The lowest BCUT2D eigenvalue weighted by atomic mass is 9.79. The van der Waals surface area contributed by atoms with Crippen molar-refractivity contribution >= 4 is 51.1 Å². The molecule has 1 aromatic rings. The second kappa shape index (κ2) is 12.3. The van der Waals surface area contributed by atoms with E-state index in [-0.39, 0.29) is 27.0 Å². The number of nitrogens with zero attached hydrogens (tertiary/aromatic N) is 2. The largest absolute Gasteiger partial charge is 0.471 e. The zero-order valence-electron chi connectivity index (χ0n) is 23.1. The maximum atomic E-state index is 13.9. The summed E-state index contributed by atoms with van der Waals surface area (Å²) in [4.78, 5) is 49.5. The van der Waals surface area contributed by atoms with Gasteiger partial charge < -0.3 is 19.9 Å². The van der Waals surface area contributed by atoms with Crippen LogP contribution in [-0.2, 0) is 19.1 Å². The van der Waals surface area contributed by atoms with Gasteiger partial charge in [-0.1, -0.05) is 0 Å². The molecule has 1 aromatic carbocycles. The summed E-state index contributed by atoms with van der Waals surface area (Å²) in [5.74, 6) is -8.25. The lowest BCUT2D eigenvalue weighted by Crippen LogP contribution is -2.55. The molecule has 9 nitrogen and oxygen atoms in total. The lowest BCUT2D eigenvalue weighted by molar-refractivity contribution is -0.187. The number of nitrogens with one attached hydrogen (secondary N) is 2. The highest BCUT2D eigenvalue weighted by Crippen LogP contribution is 2.53. The maximum Gasteiger partial charge on any atom is 0.471 e. The second-order valence-corrected chi connectivity index (χ2v) is 11.9. The fourth-order valence-corrected chi connectivity index (χ4v) is 5.72. The molecule has 0 spiro atoms. The predicted molar refractivity (Wildman–Crippen MR) is 138 cm³/mol. The molecule has 4 amide bonds. The Labute approximate surface area is 252 Å². The number of rotatable bonds is 5. The van der Waals surface area contributed by atoms with Crippen LogP contribution < -0.4 is 15.5 Å². The molecule has 44 heavy (non-hydrogen) atoms. The third-order valence-electron chi connectivity index (χ3n) is 6.79. The number of hydrogen-bond donors (Lipinski definition) is 2. The van der Waals surface area contributed by atoms with E-state index in [2.05, 4.69) is 21.2 Å². The molecule has 246 valence electrons. The highest BCUT2D eigenvalue weighted by atomic mass is 79.9. The van der Waals surface area contributed by atoms with Crippen LogP contribution in [-0.4, -0.2) is 72.0 Å². The van der Waals surface area contributed by atoms with E-state index in [0.29, 0.717) is 4.90 Å². The lowest BCUT2D eigenvalue weighted by Gasteiger charge is -2.46. The van der Waals surface area contributed by atoms with E-state index in [9.17, 15) is 58.7 Å². The van der Waals surface area contributed by atoms with Crippen LogP contribution in [0.15, 0.2) is 16.6 Å². The van der Waals surface area contributed by atoms with Crippen LogP contribution in [0.5, 0.6) is 0 Å². The number of alkyl halides is 9. The first-order valence-corrected chi connectivity index (χ1v) is 13.7. The topological polar surface area (TPSA) is 108 Å². The van der Waals surface area contributed by atoms with Crippen molar-refractivity contribution in [3.05, 3.63) is 22.2 Å². The van der Waals surface area contributed by atoms with Gasteiger partial charge in [-0.15, -0.1) is 0 Å². The molecule has 2 heterocycles. The molecule has 2 aliphatic heterocycles. The molecule has 1 saturated heterocycles. The Balaban J connectivity index is 2.14. The van der Waals surface area contributed by atoms with E-state index >= 15 is 0 Å². The van der Waals surface area contributed by atoms with Gasteiger partial charge in [0, 0.05) is 35.1 Å². The van der Waals surface area contributed by atoms with Gasteiger partial charge >= 0.3 is 42.3 Å². The maximum absolute atomic E-state index is 13.9. The highest BCUT2D eigenvalue weighted by molar-refractivity contribution is 9.10.